The fourth-order valence-corrected chi connectivity index (χ4v) is 9.76. The highest BCUT2D eigenvalue weighted by Crippen LogP contribution is 2.43. The van der Waals surface area contributed by atoms with Crippen molar-refractivity contribution in [3.05, 3.63) is 33.9 Å². The predicted octanol–water partition coefficient (Wildman–Crippen LogP) is 5.83. The molecule has 0 heterocycles. The van der Waals surface area contributed by atoms with Gasteiger partial charge in [0, 0.05) is 12.6 Å². The molecule has 7 heteroatoms. The molecule has 0 bridgehead atoms. The summed E-state index contributed by atoms with van der Waals surface area (Å²) in [6.07, 6.45) is 2.95. The van der Waals surface area contributed by atoms with E-state index in [0.29, 0.717) is 42.0 Å². The van der Waals surface area contributed by atoms with Gasteiger partial charge in [-0.3, -0.25) is 10.1 Å². The molecule has 0 radical (unpaired) electrons. The largest absolute Gasteiger partial charge is 0.412 e. The Balaban J connectivity index is 2.92. The summed E-state index contributed by atoms with van der Waals surface area (Å²) in [5, 5.41) is 14.7. The summed E-state index contributed by atoms with van der Waals surface area (Å²) in [5.74, 6) is 0. The Morgan fingerprint density at radius 3 is 2.18 bits per heavy atom. The van der Waals surface area contributed by atoms with Gasteiger partial charge >= 0.3 is 0 Å². The lowest BCUT2D eigenvalue weighted by atomic mass is 10.1. The Hall–Kier alpha value is -1.44. The number of nitrogens with two attached hydrogens (primary N) is 1. The first-order chi connectivity index (χ1) is 13.2. The number of anilines is 1. The minimum absolute atomic E-state index is 0.117. The van der Waals surface area contributed by atoms with Crippen molar-refractivity contribution in [1.29, 1.82) is 0 Å². The van der Waals surface area contributed by atoms with Crippen molar-refractivity contribution in [3.63, 3.8) is 0 Å². The van der Waals surface area contributed by atoms with Crippen LogP contribution in [0.2, 0.25) is 16.6 Å². The van der Waals surface area contributed by atoms with E-state index in [4.69, 9.17) is 10.2 Å². The second-order valence-corrected chi connectivity index (χ2v) is 14.0. The SMILES string of the molecule is CC(C)[Si](OCc1ccc(NCCCCCN)c([N+](=O)[O-])c1)(C(C)C)C(C)C. The summed E-state index contributed by atoms with van der Waals surface area (Å²) in [4.78, 5) is 11.2. The predicted molar refractivity (Wildman–Crippen MR) is 120 cm³/mol. The van der Waals surface area contributed by atoms with Gasteiger partial charge in [-0.05, 0) is 47.6 Å². The highest BCUT2D eigenvalue weighted by atomic mass is 28.4. The fourth-order valence-electron chi connectivity index (χ4n) is 4.35. The lowest BCUT2D eigenvalue weighted by Crippen LogP contribution is -2.47. The third-order valence-corrected chi connectivity index (χ3v) is 11.7. The monoisotopic (exact) mass is 409 g/mol. The molecule has 28 heavy (non-hydrogen) atoms. The summed E-state index contributed by atoms with van der Waals surface area (Å²) in [6, 6.07) is 5.40. The van der Waals surface area contributed by atoms with E-state index in [2.05, 4.69) is 46.9 Å². The van der Waals surface area contributed by atoms with Crippen LogP contribution in [0, 0.1) is 10.1 Å². The Kier molecular flexibility index (Phi) is 10.1. The standard InChI is InChI=1S/C21H39N3O3Si/c1-16(2)28(17(3)4,18(5)6)27-15-19-10-11-20(21(14-19)24(25)26)23-13-9-7-8-12-22/h10-11,14,16-18,23H,7-9,12-13,15,22H2,1-6H3. The van der Waals surface area contributed by atoms with Gasteiger partial charge < -0.3 is 15.5 Å². The molecular weight excluding hydrogens is 370 g/mol. The van der Waals surface area contributed by atoms with Gasteiger partial charge in [-0.1, -0.05) is 54.0 Å². The van der Waals surface area contributed by atoms with Crippen molar-refractivity contribution >= 4 is 19.7 Å². The number of nitrogens with one attached hydrogen (secondary N) is 1. The van der Waals surface area contributed by atoms with Crippen molar-refractivity contribution in [2.45, 2.75) is 84.0 Å². The molecule has 3 N–H and O–H groups in total. The van der Waals surface area contributed by atoms with Gasteiger partial charge in [-0.2, -0.15) is 0 Å². The Morgan fingerprint density at radius 1 is 1.07 bits per heavy atom. The lowest BCUT2D eigenvalue weighted by Gasteiger charge is -2.42. The molecule has 0 aliphatic rings. The van der Waals surface area contributed by atoms with Crippen LogP contribution in [0.25, 0.3) is 0 Å². The maximum Gasteiger partial charge on any atom is 0.292 e. The van der Waals surface area contributed by atoms with E-state index in [1.165, 1.54) is 0 Å². The quantitative estimate of drug-likeness (QED) is 0.185. The Morgan fingerprint density at radius 2 is 1.68 bits per heavy atom. The van der Waals surface area contributed by atoms with Crippen LogP contribution in [-0.2, 0) is 11.0 Å². The number of hydrogen-bond donors (Lipinski definition) is 2. The first-order valence-electron chi connectivity index (χ1n) is 10.5. The topological polar surface area (TPSA) is 90.4 Å². The number of rotatable bonds is 13. The van der Waals surface area contributed by atoms with Crippen molar-refractivity contribution in [2.75, 3.05) is 18.4 Å². The third-order valence-electron chi connectivity index (χ3n) is 5.65. The molecule has 0 spiro atoms. The van der Waals surface area contributed by atoms with Crippen LogP contribution in [-0.4, -0.2) is 26.3 Å². The molecule has 1 aromatic carbocycles. The zero-order valence-corrected chi connectivity index (χ0v) is 19.5. The molecule has 160 valence electrons. The number of nitrogens with zero attached hydrogens (tertiary/aromatic N) is 1. The van der Waals surface area contributed by atoms with Crippen LogP contribution in [0.15, 0.2) is 18.2 Å². The minimum Gasteiger partial charge on any atom is -0.412 e. The highest BCUT2D eigenvalue weighted by Gasteiger charge is 2.45. The molecule has 1 aromatic rings. The molecule has 0 fully saturated rings. The van der Waals surface area contributed by atoms with E-state index in [1.807, 2.05) is 12.1 Å². The van der Waals surface area contributed by atoms with Gasteiger partial charge in [-0.25, -0.2) is 0 Å². The number of unbranched alkanes of at least 4 members (excludes halogenated alkanes) is 2. The normalized spacial score (nSPS) is 12.2. The fraction of sp³-hybridized carbons (Fsp3) is 0.714. The molecule has 0 saturated carbocycles. The van der Waals surface area contributed by atoms with Crippen LogP contribution >= 0.6 is 0 Å². The maximum atomic E-state index is 11.6. The molecule has 1 rings (SSSR count). The van der Waals surface area contributed by atoms with E-state index < -0.39 is 8.32 Å². The first-order valence-corrected chi connectivity index (χ1v) is 12.7. The van der Waals surface area contributed by atoms with Gasteiger partial charge in [0.25, 0.3) is 5.69 Å². The second kappa shape index (κ2) is 11.5. The van der Waals surface area contributed by atoms with Gasteiger partial charge in [0.05, 0.1) is 11.5 Å². The van der Waals surface area contributed by atoms with E-state index in [9.17, 15) is 10.1 Å². The van der Waals surface area contributed by atoms with Crippen LogP contribution in [0.4, 0.5) is 11.4 Å². The van der Waals surface area contributed by atoms with Crippen LogP contribution in [0.3, 0.4) is 0 Å². The molecule has 0 aliphatic heterocycles. The molecule has 6 nitrogen and oxygen atoms in total. The number of benzene rings is 1. The lowest BCUT2D eigenvalue weighted by molar-refractivity contribution is -0.384. The number of nitro benzene ring substituents is 1. The molecule has 0 atom stereocenters. The molecule has 0 unspecified atom stereocenters. The average Bonchev–Trinajstić information content (AvgIpc) is 2.61. The van der Waals surface area contributed by atoms with Crippen molar-refractivity contribution in [2.24, 2.45) is 5.73 Å². The summed E-state index contributed by atoms with van der Waals surface area (Å²) < 4.78 is 6.58. The maximum absolute atomic E-state index is 11.6. The van der Waals surface area contributed by atoms with Crippen LogP contribution < -0.4 is 11.1 Å². The Bertz CT molecular complexity index is 599. The van der Waals surface area contributed by atoms with Gasteiger partial charge in [-0.15, -0.1) is 0 Å². The molecular formula is C21H39N3O3Si. The van der Waals surface area contributed by atoms with Crippen LogP contribution in [0.5, 0.6) is 0 Å². The first kappa shape index (κ1) is 24.6. The van der Waals surface area contributed by atoms with Crippen LogP contribution in [0.1, 0.15) is 66.4 Å². The molecule has 0 saturated heterocycles. The second-order valence-electron chi connectivity index (χ2n) is 8.49. The summed E-state index contributed by atoms with van der Waals surface area (Å²) in [6.45, 7) is 15.3. The minimum atomic E-state index is -2.00. The zero-order chi connectivity index (χ0) is 21.3. The van der Waals surface area contributed by atoms with Crippen molar-refractivity contribution in [3.8, 4) is 0 Å². The Labute approximate surface area is 171 Å². The molecule has 0 aliphatic carbocycles. The summed E-state index contributed by atoms with van der Waals surface area (Å²) in [7, 11) is -2.00. The number of nitro groups is 1. The van der Waals surface area contributed by atoms with Gasteiger partial charge in [0.2, 0.25) is 8.32 Å². The van der Waals surface area contributed by atoms with E-state index in [1.54, 1.807) is 6.07 Å². The molecule has 0 amide bonds. The van der Waals surface area contributed by atoms with Gasteiger partial charge in [0.15, 0.2) is 0 Å². The number of hydrogen-bond acceptors (Lipinski definition) is 5. The molecule has 0 aromatic heterocycles. The van der Waals surface area contributed by atoms with Crippen molar-refractivity contribution in [1.82, 2.24) is 0 Å². The summed E-state index contributed by atoms with van der Waals surface area (Å²) in [5.41, 5.74) is 8.50. The highest BCUT2D eigenvalue weighted by molar-refractivity contribution is 6.77. The zero-order valence-electron chi connectivity index (χ0n) is 18.5. The van der Waals surface area contributed by atoms with E-state index in [0.717, 1.165) is 24.8 Å². The third kappa shape index (κ3) is 6.29. The van der Waals surface area contributed by atoms with Gasteiger partial charge in [0.1, 0.15) is 5.69 Å². The van der Waals surface area contributed by atoms with E-state index >= 15 is 0 Å². The van der Waals surface area contributed by atoms with E-state index in [-0.39, 0.29) is 10.6 Å². The van der Waals surface area contributed by atoms with Crippen molar-refractivity contribution < 1.29 is 9.35 Å². The smallest absolute Gasteiger partial charge is 0.292 e. The average molecular weight is 410 g/mol. The summed E-state index contributed by atoms with van der Waals surface area (Å²) >= 11 is 0.